The third-order valence-electron chi connectivity index (χ3n) is 6.27. The Morgan fingerprint density at radius 2 is 2.07 bits per heavy atom. The monoisotopic (exact) mass is 387 g/mol. The van der Waals surface area contributed by atoms with Crippen molar-refractivity contribution in [3.63, 3.8) is 0 Å². The Labute approximate surface area is 160 Å². The summed E-state index contributed by atoms with van der Waals surface area (Å²) in [6.45, 7) is 2.53. The van der Waals surface area contributed by atoms with Crippen molar-refractivity contribution in [1.29, 1.82) is 0 Å². The molecule has 1 aromatic heterocycles. The number of anilines is 1. The van der Waals surface area contributed by atoms with Crippen LogP contribution in [0, 0.1) is 18.7 Å². The number of hydrogen-bond acceptors (Lipinski definition) is 5. The second-order valence-electron chi connectivity index (χ2n) is 7.97. The topological polar surface area (TPSA) is 87.6 Å². The number of aliphatic hydroxyl groups is 1. The van der Waals surface area contributed by atoms with Gasteiger partial charge in [0.15, 0.2) is 11.6 Å². The molecule has 2 fully saturated rings. The minimum absolute atomic E-state index is 0.0130. The van der Waals surface area contributed by atoms with E-state index in [1.165, 1.54) is 11.7 Å². The molecule has 0 spiro atoms. The van der Waals surface area contributed by atoms with Gasteiger partial charge in [0.05, 0.1) is 18.6 Å². The highest BCUT2D eigenvalue weighted by Crippen LogP contribution is 2.46. The molecule has 2 unspecified atom stereocenters. The standard InChI is InChI=1S/C20H22FN3O4/c1-9-14-16(24(11-4-5-11)20(27)22-19(14)26)18(28-2)17(15(9)21)23-7-10-3-6-13(25)12(10)8-23/h3,11-13,25H,4-8H2,1-2H3,(H,22,26,27). The highest BCUT2D eigenvalue weighted by Gasteiger charge is 2.39. The molecule has 28 heavy (non-hydrogen) atoms. The maximum Gasteiger partial charge on any atom is 0.329 e. The molecule has 7 nitrogen and oxygen atoms in total. The number of nitrogens with zero attached hydrogens (tertiary/aromatic N) is 2. The lowest BCUT2D eigenvalue weighted by atomic mass is 10.0. The Morgan fingerprint density at radius 1 is 1.32 bits per heavy atom. The summed E-state index contributed by atoms with van der Waals surface area (Å²) >= 11 is 0. The van der Waals surface area contributed by atoms with Gasteiger partial charge < -0.3 is 14.7 Å². The van der Waals surface area contributed by atoms with Crippen LogP contribution in [0.25, 0.3) is 10.9 Å². The number of ether oxygens (including phenoxy) is 1. The van der Waals surface area contributed by atoms with Crippen molar-refractivity contribution in [3.05, 3.63) is 43.9 Å². The molecule has 0 amide bonds. The molecule has 5 rings (SSSR count). The van der Waals surface area contributed by atoms with Crippen molar-refractivity contribution in [3.8, 4) is 5.75 Å². The Morgan fingerprint density at radius 3 is 2.71 bits per heavy atom. The zero-order valence-corrected chi connectivity index (χ0v) is 15.8. The fourth-order valence-electron chi connectivity index (χ4n) is 4.72. The number of H-pyrrole nitrogens is 1. The molecule has 2 atom stereocenters. The molecule has 2 aliphatic carbocycles. The van der Waals surface area contributed by atoms with Crippen LogP contribution in [0.15, 0.2) is 21.2 Å². The van der Waals surface area contributed by atoms with E-state index in [0.717, 1.165) is 18.4 Å². The van der Waals surface area contributed by atoms with Crippen LogP contribution < -0.4 is 20.9 Å². The molecule has 2 heterocycles. The van der Waals surface area contributed by atoms with Crippen molar-refractivity contribution in [2.75, 3.05) is 25.1 Å². The number of aliphatic hydroxyl groups excluding tert-OH is 1. The minimum Gasteiger partial charge on any atom is -0.492 e. The second kappa shape index (κ2) is 5.94. The van der Waals surface area contributed by atoms with Gasteiger partial charge in [0.25, 0.3) is 5.56 Å². The van der Waals surface area contributed by atoms with Crippen LogP contribution in [0.2, 0.25) is 0 Å². The first-order valence-electron chi connectivity index (χ1n) is 9.58. The maximum atomic E-state index is 15.5. The minimum atomic E-state index is -0.602. The van der Waals surface area contributed by atoms with Crippen LogP contribution in [0.5, 0.6) is 5.75 Å². The third kappa shape index (κ3) is 2.30. The zero-order chi connectivity index (χ0) is 19.7. The number of aryl methyl sites for hydroxylation is 1. The summed E-state index contributed by atoms with van der Waals surface area (Å²) in [6, 6.07) is -0.0130. The van der Waals surface area contributed by atoms with Crippen LogP contribution in [-0.2, 0) is 0 Å². The molecule has 148 valence electrons. The van der Waals surface area contributed by atoms with E-state index in [2.05, 4.69) is 4.98 Å². The summed E-state index contributed by atoms with van der Waals surface area (Å²) in [5, 5.41) is 10.3. The molecule has 1 aliphatic heterocycles. The van der Waals surface area contributed by atoms with Crippen molar-refractivity contribution in [2.45, 2.75) is 38.3 Å². The summed E-state index contributed by atoms with van der Waals surface area (Å²) in [6.07, 6.45) is 3.85. The molecule has 1 saturated heterocycles. The lowest BCUT2D eigenvalue weighted by molar-refractivity contribution is 0.147. The molecule has 2 aromatic rings. The van der Waals surface area contributed by atoms with E-state index in [1.54, 1.807) is 6.92 Å². The Bertz CT molecular complexity index is 1150. The molecule has 1 aromatic carbocycles. The number of methoxy groups -OCH3 is 1. The van der Waals surface area contributed by atoms with Crippen LogP contribution in [0.3, 0.4) is 0 Å². The Kier molecular flexibility index (Phi) is 3.71. The molecule has 0 bridgehead atoms. The van der Waals surface area contributed by atoms with Gasteiger partial charge in [0.1, 0.15) is 11.2 Å². The predicted octanol–water partition coefficient (Wildman–Crippen LogP) is 1.61. The van der Waals surface area contributed by atoms with Gasteiger partial charge in [-0.25, -0.2) is 9.18 Å². The molecule has 0 radical (unpaired) electrons. The van der Waals surface area contributed by atoms with Crippen molar-refractivity contribution >= 4 is 16.6 Å². The smallest absolute Gasteiger partial charge is 0.329 e. The van der Waals surface area contributed by atoms with E-state index in [-0.39, 0.29) is 34.3 Å². The summed E-state index contributed by atoms with van der Waals surface area (Å²) in [5.41, 5.74) is 0.820. The summed E-state index contributed by atoms with van der Waals surface area (Å²) in [5.74, 6) is -0.334. The van der Waals surface area contributed by atoms with E-state index >= 15 is 4.39 Å². The third-order valence-corrected chi connectivity index (χ3v) is 6.27. The average Bonchev–Trinajstić information content (AvgIpc) is 3.30. The molecule has 8 heteroatoms. The summed E-state index contributed by atoms with van der Waals surface area (Å²) < 4.78 is 22.6. The van der Waals surface area contributed by atoms with Crippen LogP contribution in [0.4, 0.5) is 10.1 Å². The Hall–Kier alpha value is -2.61. The predicted molar refractivity (Wildman–Crippen MR) is 103 cm³/mol. The normalized spacial score (nSPS) is 24.0. The number of aromatic nitrogens is 2. The van der Waals surface area contributed by atoms with E-state index in [9.17, 15) is 14.7 Å². The molecule has 3 aliphatic rings. The lowest BCUT2D eigenvalue weighted by Crippen LogP contribution is -2.32. The quantitative estimate of drug-likeness (QED) is 0.782. The Balaban J connectivity index is 1.81. The van der Waals surface area contributed by atoms with E-state index in [4.69, 9.17) is 4.74 Å². The number of nitrogens with one attached hydrogen (secondary N) is 1. The van der Waals surface area contributed by atoms with Gasteiger partial charge in [-0.2, -0.15) is 0 Å². The van der Waals surface area contributed by atoms with Gasteiger partial charge in [0.2, 0.25) is 0 Å². The van der Waals surface area contributed by atoms with Gasteiger partial charge in [-0.15, -0.1) is 0 Å². The fraction of sp³-hybridized carbons (Fsp3) is 0.500. The van der Waals surface area contributed by atoms with Crippen LogP contribution >= 0.6 is 0 Å². The number of benzene rings is 1. The molecule has 2 N–H and O–H groups in total. The first-order chi connectivity index (χ1) is 13.4. The van der Waals surface area contributed by atoms with Crippen LogP contribution in [-0.4, -0.2) is 41.0 Å². The van der Waals surface area contributed by atoms with Crippen molar-refractivity contribution < 1.29 is 14.2 Å². The highest BCUT2D eigenvalue weighted by molar-refractivity contribution is 5.94. The molecule has 1 saturated carbocycles. The summed E-state index contributed by atoms with van der Waals surface area (Å²) in [7, 11) is 1.43. The van der Waals surface area contributed by atoms with Crippen molar-refractivity contribution in [2.24, 2.45) is 5.92 Å². The van der Waals surface area contributed by atoms with Gasteiger partial charge in [-0.05, 0) is 31.8 Å². The number of fused-ring (bicyclic) bond motifs is 2. The van der Waals surface area contributed by atoms with E-state index in [0.29, 0.717) is 25.0 Å². The maximum absolute atomic E-state index is 15.5. The SMILES string of the molecule is COc1c(N2CC3=CCC(O)C3C2)c(F)c(C)c2c(=O)[nH]c(=O)n(C3CC3)c12. The number of hydrogen-bond donors (Lipinski definition) is 2. The largest absolute Gasteiger partial charge is 0.492 e. The number of halogens is 1. The molecular formula is C20H22FN3O4. The first kappa shape index (κ1) is 17.5. The summed E-state index contributed by atoms with van der Waals surface area (Å²) in [4.78, 5) is 29.2. The van der Waals surface area contributed by atoms with Gasteiger partial charge in [-0.1, -0.05) is 6.08 Å². The average molecular weight is 387 g/mol. The van der Waals surface area contributed by atoms with Crippen molar-refractivity contribution in [1.82, 2.24) is 9.55 Å². The van der Waals surface area contributed by atoms with Gasteiger partial charge >= 0.3 is 5.69 Å². The molecular weight excluding hydrogens is 365 g/mol. The lowest BCUT2D eigenvalue weighted by Gasteiger charge is -2.25. The van der Waals surface area contributed by atoms with Gasteiger partial charge in [-0.3, -0.25) is 14.3 Å². The van der Waals surface area contributed by atoms with Crippen LogP contribution in [0.1, 0.15) is 30.9 Å². The number of rotatable bonds is 3. The highest BCUT2D eigenvalue weighted by atomic mass is 19.1. The first-order valence-corrected chi connectivity index (χ1v) is 9.58. The van der Waals surface area contributed by atoms with E-state index in [1.807, 2.05) is 11.0 Å². The fourth-order valence-corrected chi connectivity index (χ4v) is 4.72. The van der Waals surface area contributed by atoms with Gasteiger partial charge in [0, 0.05) is 30.6 Å². The zero-order valence-electron chi connectivity index (χ0n) is 15.8. The second-order valence-corrected chi connectivity index (χ2v) is 7.97. The van der Waals surface area contributed by atoms with E-state index < -0.39 is 23.2 Å². The number of aromatic amines is 1.